The van der Waals surface area contributed by atoms with Crippen LogP contribution in [0.5, 0.6) is 0 Å². The molecular weight excluding hydrogens is 310 g/mol. The van der Waals surface area contributed by atoms with Crippen molar-refractivity contribution in [3.05, 3.63) is 53.6 Å². The molecule has 118 valence electrons. The molecule has 0 aromatic heterocycles. The predicted octanol–water partition coefficient (Wildman–Crippen LogP) is 2.59. The zero-order valence-corrected chi connectivity index (χ0v) is 13.2. The van der Waals surface area contributed by atoms with E-state index in [4.69, 9.17) is 5.14 Å². The number of amides is 1. The lowest BCUT2D eigenvalue weighted by atomic mass is 10.1. The summed E-state index contributed by atoms with van der Waals surface area (Å²) in [6.45, 7) is 0.590. The van der Waals surface area contributed by atoms with E-state index in [1.54, 1.807) is 6.07 Å². The summed E-state index contributed by atoms with van der Waals surface area (Å²) in [6, 6.07) is 13.0. The Kier molecular flexibility index (Phi) is 4.55. The van der Waals surface area contributed by atoms with Crippen LogP contribution in [0.2, 0.25) is 0 Å². The smallest absolute Gasteiger partial charge is 0.226 e. The first-order chi connectivity index (χ1) is 11.1. The number of para-hydroxylation sites is 1. The summed E-state index contributed by atoms with van der Waals surface area (Å²) in [7, 11) is -1.53. The molecule has 6 heteroatoms. The van der Waals surface area contributed by atoms with Crippen LogP contribution in [0.1, 0.15) is 17.5 Å². The molecule has 0 aliphatic carbocycles. The van der Waals surface area contributed by atoms with Crippen molar-refractivity contribution in [2.24, 2.45) is 5.14 Å². The first-order valence-corrected chi connectivity index (χ1v) is 8.46. The summed E-state index contributed by atoms with van der Waals surface area (Å²) in [6.07, 6.45) is 4.24. The van der Waals surface area contributed by atoms with Crippen LogP contribution >= 0.6 is 0 Å². The van der Waals surface area contributed by atoms with Crippen LogP contribution in [0.4, 0.5) is 11.4 Å². The quantitative estimate of drug-likeness (QED) is 0.758. The van der Waals surface area contributed by atoms with Crippen LogP contribution in [0.3, 0.4) is 0 Å². The third-order valence-electron chi connectivity index (χ3n) is 3.60. The standard InChI is InChI=1S/C17H17N3O2S/c18-23(22)15-7-2-1-4-12(15)8-9-13-5-3-6-14-17(13)19-11-10-16(21)20-14/h1-9,19H,10-11,18H2,(H,20,21)/b9-8+. The maximum absolute atomic E-state index is 11.6. The molecule has 0 saturated carbocycles. The fraction of sp³-hybridized carbons (Fsp3) is 0.118. The van der Waals surface area contributed by atoms with E-state index in [9.17, 15) is 9.00 Å². The number of anilines is 2. The van der Waals surface area contributed by atoms with Crippen molar-refractivity contribution in [1.29, 1.82) is 0 Å². The molecule has 5 nitrogen and oxygen atoms in total. The Morgan fingerprint density at radius 1 is 1.04 bits per heavy atom. The van der Waals surface area contributed by atoms with Gasteiger partial charge in [-0.15, -0.1) is 0 Å². The molecule has 4 N–H and O–H groups in total. The summed E-state index contributed by atoms with van der Waals surface area (Å²) in [5.74, 6) is 0.00116. The molecule has 3 rings (SSSR count). The van der Waals surface area contributed by atoms with Crippen LogP contribution in [0.15, 0.2) is 47.4 Å². The van der Waals surface area contributed by atoms with Gasteiger partial charge in [-0.05, 0) is 23.3 Å². The van der Waals surface area contributed by atoms with Gasteiger partial charge in [-0.1, -0.05) is 42.5 Å². The molecule has 0 bridgehead atoms. The lowest BCUT2D eigenvalue weighted by Crippen LogP contribution is -2.10. The summed E-state index contributed by atoms with van der Waals surface area (Å²) >= 11 is 0. The molecule has 1 unspecified atom stereocenters. The average molecular weight is 327 g/mol. The highest BCUT2D eigenvalue weighted by molar-refractivity contribution is 7.82. The first kappa shape index (κ1) is 15.5. The number of hydrogen-bond acceptors (Lipinski definition) is 3. The van der Waals surface area contributed by atoms with Crippen molar-refractivity contribution in [3.8, 4) is 0 Å². The van der Waals surface area contributed by atoms with E-state index in [0.29, 0.717) is 17.9 Å². The number of hydrogen-bond donors (Lipinski definition) is 3. The molecule has 1 amide bonds. The second-order valence-electron chi connectivity index (χ2n) is 5.16. The van der Waals surface area contributed by atoms with Gasteiger partial charge in [0.05, 0.1) is 16.3 Å². The fourth-order valence-electron chi connectivity index (χ4n) is 2.51. The Morgan fingerprint density at radius 2 is 1.78 bits per heavy atom. The molecule has 0 spiro atoms. The molecule has 1 aliphatic heterocycles. The number of fused-ring (bicyclic) bond motifs is 1. The van der Waals surface area contributed by atoms with Gasteiger partial charge in [-0.25, -0.2) is 9.35 Å². The van der Waals surface area contributed by atoms with Gasteiger partial charge < -0.3 is 10.6 Å². The molecule has 2 aromatic carbocycles. The number of nitrogens with one attached hydrogen (secondary N) is 2. The van der Waals surface area contributed by atoms with Crippen LogP contribution in [0.25, 0.3) is 12.2 Å². The maximum Gasteiger partial charge on any atom is 0.226 e. The number of benzene rings is 2. The highest BCUT2D eigenvalue weighted by Gasteiger charge is 2.14. The maximum atomic E-state index is 11.6. The third-order valence-corrected chi connectivity index (χ3v) is 4.41. The molecule has 0 radical (unpaired) electrons. The zero-order valence-electron chi connectivity index (χ0n) is 12.4. The molecule has 23 heavy (non-hydrogen) atoms. The van der Waals surface area contributed by atoms with E-state index in [-0.39, 0.29) is 5.91 Å². The fourth-order valence-corrected chi connectivity index (χ4v) is 3.09. The van der Waals surface area contributed by atoms with Crippen molar-refractivity contribution in [2.75, 3.05) is 17.2 Å². The van der Waals surface area contributed by atoms with Gasteiger partial charge >= 0.3 is 0 Å². The second-order valence-corrected chi connectivity index (χ2v) is 6.20. The average Bonchev–Trinajstić information content (AvgIpc) is 2.74. The number of rotatable bonds is 3. The van der Waals surface area contributed by atoms with Gasteiger partial charge in [-0.2, -0.15) is 0 Å². The molecule has 1 aliphatic rings. The van der Waals surface area contributed by atoms with E-state index < -0.39 is 11.0 Å². The van der Waals surface area contributed by atoms with E-state index in [1.807, 2.05) is 48.6 Å². The molecule has 1 atom stereocenters. The molecule has 2 aromatic rings. The van der Waals surface area contributed by atoms with Gasteiger partial charge in [0.1, 0.15) is 11.0 Å². The molecule has 0 saturated heterocycles. The van der Waals surface area contributed by atoms with E-state index >= 15 is 0 Å². The van der Waals surface area contributed by atoms with Gasteiger partial charge in [0, 0.05) is 13.0 Å². The van der Waals surface area contributed by atoms with Crippen LogP contribution in [-0.4, -0.2) is 16.7 Å². The van der Waals surface area contributed by atoms with E-state index in [0.717, 1.165) is 22.5 Å². The monoisotopic (exact) mass is 327 g/mol. The summed E-state index contributed by atoms with van der Waals surface area (Å²) < 4.78 is 11.6. The van der Waals surface area contributed by atoms with Crippen LogP contribution in [-0.2, 0) is 15.8 Å². The Hall–Kier alpha value is -2.44. The SMILES string of the molecule is NS(=O)c1ccccc1/C=C/c1cccc2c1NCCC(=O)N2. The number of carbonyl (C=O) groups excluding carboxylic acids is 1. The molecular formula is C17H17N3O2S. The summed E-state index contributed by atoms with van der Waals surface area (Å²) in [5.41, 5.74) is 3.41. The molecule has 0 fully saturated rings. The largest absolute Gasteiger partial charge is 0.382 e. The topological polar surface area (TPSA) is 84.2 Å². The van der Waals surface area contributed by atoms with Gasteiger partial charge in [0.2, 0.25) is 5.91 Å². The minimum atomic E-state index is -1.53. The Labute approximate surface area is 137 Å². The normalized spacial score (nSPS) is 15.4. The highest BCUT2D eigenvalue weighted by atomic mass is 32.2. The third kappa shape index (κ3) is 3.49. The van der Waals surface area contributed by atoms with Crippen molar-refractivity contribution < 1.29 is 9.00 Å². The Bertz CT molecular complexity index is 802. The van der Waals surface area contributed by atoms with E-state index in [2.05, 4.69) is 10.6 Å². The highest BCUT2D eigenvalue weighted by Crippen LogP contribution is 2.30. The van der Waals surface area contributed by atoms with Gasteiger partial charge in [0.25, 0.3) is 0 Å². The second kappa shape index (κ2) is 6.76. The summed E-state index contributed by atoms with van der Waals surface area (Å²) in [4.78, 5) is 12.2. The minimum absolute atomic E-state index is 0.00116. The van der Waals surface area contributed by atoms with Gasteiger partial charge in [-0.3, -0.25) is 4.79 Å². The van der Waals surface area contributed by atoms with Crippen LogP contribution in [0, 0.1) is 0 Å². The van der Waals surface area contributed by atoms with Gasteiger partial charge in [0.15, 0.2) is 0 Å². The molecule has 1 heterocycles. The van der Waals surface area contributed by atoms with Crippen LogP contribution < -0.4 is 15.8 Å². The lowest BCUT2D eigenvalue weighted by Gasteiger charge is -2.11. The first-order valence-electron chi connectivity index (χ1n) is 7.25. The Balaban J connectivity index is 1.97. The zero-order chi connectivity index (χ0) is 16.2. The number of carbonyl (C=O) groups is 1. The minimum Gasteiger partial charge on any atom is -0.382 e. The summed E-state index contributed by atoms with van der Waals surface area (Å²) in [5, 5.41) is 11.7. The predicted molar refractivity (Wildman–Crippen MR) is 94.1 cm³/mol. The Morgan fingerprint density at radius 3 is 2.61 bits per heavy atom. The van der Waals surface area contributed by atoms with E-state index in [1.165, 1.54) is 0 Å². The lowest BCUT2D eigenvalue weighted by molar-refractivity contribution is -0.115. The number of nitrogens with two attached hydrogens (primary N) is 1. The van der Waals surface area contributed by atoms with Crippen molar-refractivity contribution in [2.45, 2.75) is 11.3 Å². The van der Waals surface area contributed by atoms with Crippen molar-refractivity contribution >= 4 is 40.4 Å². The van der Waals surface area contributed by atoms with Crippen molar-refractivity contribution in [3.63, 3.8) is 0 Å². The van der Waals surface area contributed by atoms with Crippen molar-refractivity contribution in [1.82, 2.24) is 0 Å².